The Morgan fingerprint density at radius 2 is 1.41 bits per heavy atom. The Morgan fingerprint density at radius 1 is 0.759 bits per heavy atom. The second-order valence-electron chi connectivity index (χ2n) is 7.83. The van der Waals surface area contributed by atoms with E-state index in [1.165, 1.54) is 27.9 Å². The van der Waals surface area contributed by atoms with Crippen LogP contribution in [-0.4, -0.2) is 37.0 Å². The van der Waals surface area contributed by atoms with Gasteiger partial charge in [0.05, 0.1) is 6.42 Å². The molecule has 3 aromatic carbocycles. The zero-order valence-electron chi connectivity index (χ0n) is 17.3. The van der Waals surface area contributed by atoms with E-state index in [0.29, 0.717) is 6.42 Å². The standard InChI is InChI=1S/C26H28N2O/c1-20-7-6-10-25(21(20)2)27-15-17-28(18-16-27)26(29)19-22-11-13-24(14-12-22)23-8-4-3-5-9-23/h3-14H,15-19H2,1-2H3. The first-order valence-electron chi connectivity index (χ1n) is 10.3. The Balaban J connectivity index is 1.35. The van der Waals surface area contributed by atoms with Crippen molar-refractivity contribution in [2.75, 3.05) is 31.1 Å². The maximum atomic E-state index is 12.8. The number of anilines is 1. The van der Waals surface area contributed by atoms with Crippen molar-refractivity contribution in [1.29, 1.82) is 0 Å². The highest BCUT2D eigenvalue weighted by molar-refractivity contribution is 5.79. The first kappa shape index (κ1) is 19.3. The number of benzene rings is 3. The maximum Gasteiger partial charge on any atom is 0.227 e. The van der Waals surface area contributed by atoms with Crippen molar-refractivity contribution >= 4 is 11.6 Å². The Morgan fingerprint density at radius 3 is 2.10 bits per heavy atom. The van der Waals surface area contributed by atoms with E-state index in [4.69, 9.17) is 0 Å². The lowest BCUT2D eigenvalue weighted by Crippen LogP contribution is -2.49. The van der Waals surface area contributed by atoms with Gasteiger partial charge < -0.3 is 9.80 Å². The SMILES string of the molecule is Cc1cccc(N2CCN(C(=O)Cc3ccc(-c4ccccc4)cc3)CC2)c1C. The monoisotopic (exact) mass is 384 g/mol. The number of rotatable bonds is 4. The molecule has 1 fully saturated rings. The number of hydrogen-bond donors (Lipinski definition) is 0. The second-order valence-corrected chi connectivity index (χ2v) is 7.83. The highest BCUT2D eigenvalue weighted by atomic mass is 16.2. The van der Waals surface area contributed by atoms with Crippen LogP contribution in [0.4, 0.5) is 5.69 Å². The fraction of sp³-hybridized carbons (Fsp3) is 0.269. The third-order valence-electron chi connectivity index (χ3n) is 5.97. The third kappa shape index (κ3) is 4.34. The molecule has 3 nitrogen and oxygen atoms in total. The molecule has 148 valence electrons. The minimum atomic E-state index is 0.220. The Hall–Kier alpha value is -3.07. The summed E-state index contributed by atoms with van der Waals surface area (Å²) >= 11 is 0. The fourth-order valence-electron chi connectivity index (χ4n) is 4.01. The minimum Gasteiger partial charge on any atom is -0.368 e. The van der Waals surface area contributed by atoms with E-state index < -0.39 is 0 Å². The molecule has 0 atom stereocenters. The van der Waals surface area contributed by atoms with E-state index in [-0.39, 0.29) is 5.91 Å². The van der Waals surface area contributed by atoms with Gasteiger partial charge in [0.25, 0.3) is 0 Å². The molecule has 0 aromatic heterocycles. The average Bonchev–Trinajstić information content (AvgIpc) is 2.77. The third-order valence-corrected chi connectivity index (χ3v) is 5.97. The molecule has 4 rings (SSSR count). The van der Waals surface area contributed by atoms with Crippen molar-refractivity contribution < 1.29 is 4.79 Å². The van der Waals surface area contributed by atoms with Crippen molar-refractivity contribution in [3.05, 3.63) is 89.5 Å². The summed E-state index contributed by atoms with van der Waals surface area (Å²) in [5, 5.41) is 0. The van der Waals surface area contributed by atoms with Gasteiger partial charge in [0.15, 0.2) is 0 Å². The van der Waals surface area contributed by atoms with E-state index in [1.54, 1.807) is 0 Å². The summed E-state index contributed by atoms with van der Waals surface area (Å²) < 4.78 is 0. The molecule has 0 bridgehead atoms. The molecule has 3 aromatic rings. The van der Waals surface area contributed by atoms with Crippen LogP contribution in [0.3, 0.4) is 0 Å². The summed E-state index contributed by atoms with van der Waals surface area (Å²) in [5.41, 5.74) is 7.42. The summed E-state index contributed by atoms with van der Waals surface area (Å²) in [6.07, 6.45) is 0.471. The molecule has 1 heterocycles. The van der Waals surface area contributed by atoms with Crippen LogP contribution in [-0.2, 0) is 11.2 Å². The van der Waals surface area contributed by atoms with Crippen LogP contribution in [0.1, 0.15) is 16.7 Å². The second kappa shape index (κ2) is 8.52. The quantitative estimate of drug-likeness (QED) is 0.641. The van der Waals surface area contributed by atoms with Gasteiger partial charge in [-0.1, -0.05) is 66.7 Å². The van der Waals surface area contributed by atoms with Crippen LogP contribution in [0.2, 0.25) is 0 Å². The Kier molecular flexibility index (Phi) is 5.66. The summed E-state index contributed by atoms with van der Waals surface area (Å²) in [6.45, 7) is 7.69. The van der Waals surface area contributed by atoms with E-state index in [1.807, 2.05) is 23.1 Å². The average molecular weight is 385 g/mol. The van der Waals surface area contributed by atoms with E-state index in [9.17, 15) is 4.79 Å². The smallest absolute Gasteiger partial charge is 0.227 e. The van der Waals surface area contributed by atoms with Gasteiger partial charge in [0.1, 0.15) is 0 Å². The normalized spacial score (nSPS) is 14.1. The van der Waals surface area contributed by atoms with Gasteiger partial charge in [0.2, 0.25) is 5.91 Å². The van der Waals surface area contributed by atoms with Gasteiger partial charge in [-0.25, -0.2) is 0 Å². The van der Waals surface area contributed by atoms with Crippen LogP contribution < -0.4 is 4.90 Å². The molecular formula is C26H28N2O. The topological polar surface area (TPSA) is 23.6 Å². The summed E-state index contributed by atoms with van der Waals surface area (Å²) in [5.74, 6) is 0.220. The first-order chi connectivity index (χ1) is 14.1. The molecule has 1 saturated heterocycles. The van der Waals surface area contributed by atoms with Crippen molar-refractivity contribution in [3.63, 3.8) is 0 Å². The molecule has 0 aliphatic carbocycles. The lowest BCUT2D eigenvalue weighted by Gasteiger charge is -2.37. The highest BCUT2D eigenvalue weighted by Crippen LogP contribution is 2.24. The fourth-order valence-corrected chi connectivity index (χ4v) is 4.01. The number of hydrogen-bond acceptors (Lipinski definition) is 2. The van der Waals surface area contributed by atoms with Crippen LogP contribution in [0, 0.1) is 13.8 Å². The van der Waals surface area contributed by atoms with Gasteiger partial charge >= 0.3 is 0 Å². The Labute approximate surface area is 173 Å². The van der Waals surface area contributed by atoms with Crippen LogP contribution in [0.25, 0.3) is 11.1 Å². The van der Waals surface area contributed by atoms with Gasteiger partial charge in [-0.3, -0.25) is 4.79 Å². The molecule has 1 aliphatic heterocycles. The Bertz CT molecular complexity index is 971. The maximum absolute atomic E-state index is 12.8. The zero-order valence-corrected chi connectivity index (χ0v) is 17.3. The van der Waals surface area contributed by atoms with Gasteiger partial charge in [0, 0.05) is 31.9 Å². The lowest BCUT2D eigenvalue weighted by molar-refractivity contribution is -0.130. The van der Waals surface area contributed by atoms with E-state index in [2.05, 4.69) is 73.3 Å². The number of carbonyl (C=O) groups is 1. The summed E-state index contributed by atoms with van der Waals surface area (Å²) in [6, 6.07) is 25.2. The molecule has 29 heavy (non-hydrogen) atoms. The van der Waals surface area contributed by atoms with Crippen molar-refractivity contribution in [2.45, 2.75) is 20.3 Å². The van der Waals surface area contributed by atoms with Crippen molar-refractivity contribution in [1.82, 2.24) is 4.90 Å². The predicted octanol–water partition coefficient (Wildman–Crippen LogP) is 4.86. The summed E-state index contributed by atoms with van der Waals surface area (Å²) in [4.78, 5) is 17.2. The highest BCUT2D eigenvalue weighted by Gasteiger charge is 2.22. The molecular weight excluding hydrogens is 356 g/mol. The van der Waals surface area contributed by atoms with Crippen molar-refractivity contribution in [2.24, 2.45) is 0 Å². The molecule has 0 spiro atoms. The first-order valence-corrected chi connectivity index (χ1v) is 10.3. The molecule has 0 unspecified atom stereocenters. The number of nitrogens with zero attached hydrogens (tertiary/aromatic N) is 2. The molecule has 1 aliphatic rings. The van der Waals surface area contributed by atoms with Crippen LogP contribution in [0.15, 0.2) is 72.8 Å². The number of amides is 1. The van der Waals surface area contributed by atoms with Gasteiger partial charge in [-0.2, -0.15) is 0 Å². The van der Waals surface area contributed by atoms with Gasteiger partial charge in [-0.05, 0) is 47.7 Å². The molecule has 1 amide bonds. The van der Waals surface area contributed by atoms with Gasteiger partial charge in [-0.15, -0.1) is 0 Å². The van der Waals surface area contributed by atoms with E-state index in [0.717, 1.165) is 31.7 Å². The molecule has 0 saturated carbocycles. The summed E-state index contributed by atoms with van der Waals surface area (Å²) in [7, 11) is 0. The van der Waals surface area contributed by atoms with Crippen LogP contribution in [0.5, 0.6) is 0 Å². The zero-order chi connectivity index (χ0) is 20.2. The largest absolute Gasteiger partial charge is 0.368 e. The minimum absolute atomic E-state index is 0.220. The molecule has 0 radical (unpaired) electrons. The van der Waals surface area contributed by atoms with Crippen molar-refractivity contribution in [3.8, 4) is 11.1 Å². The number of aryl methyl sites for hydroxylation is 1. The number of piperazine rings is 1. The number of carbonyl (C=O) groups excluding carboxylic acids is 1. The lowest BCUT2D eigenvalue weighted by atomic mass is 10.0. The van der Waals surface area contributed by atoms with Crippen LogP contribution >= 0.6 is 0 Å². The molecule has 0 N–H and O–H groups in total. The van der Waals surface area contributed by atoms with E-state index >= 15 is 0 Å². The molecule has 3 heteroatoms. The predicted molar refractivity (Wildman–Crippen MR) is 120 cm³/mol.